The Balaban J connectivity index is 1.65. The number of halogens is 1. The minimum Gasteiger partial charge on any atom is -0.324 e. The van der Waals surface area contributed by atoms with Gasteiger partial charge in [0, 0.05) is 28.4 Å². The molecule has 27 heavy (non-hydrogen) atoms. The Morgan fingerprint density at radius 1 is 0.889 bits per heavy atom. The summed E-state index contributed by atoms with van der Waals surface area (Å²) in [5.41, 5.74) is 2.96. The van der Waals surface area contributed by atoms with Gasteiger partial charge < -0.3 is 5.32 Å². The summed E-state index contributed by atoms with van der Waals surface area (Å²) < 4.78 is 0. The topological polar surface area (TPSA) is 49.4 Å². The van der Waals surface area contributed by atoms with E-state index in [1.54, 1.807) is 41.3 Å². The van der Waals surface area contributed by atoms with E-state index in [0.717, 1.165) is 11.3 Å². The van der Waals surface area contributed by atoms with Crippen molar-refractivity contribution in [1.29, 1.82) is 0 Å². The van der Waals surface area contributed by atoms with E-state index in [0.29, 0.717) is 22.7 Å². The minimum atomic E-state index is -0.606. The average Bonchev–Trinajstić information content (AvgIpc) is 3.09. The first-order chi connectivity index (χ1) is 13.1. The Labute approximate surface area is 162 Å². The number of carbonyl (C=O) groups excluding carboxylic acids is 2. The van der Waals surface area contributed by atoms with Gasteiger partial charge in [-0.1, -0.05) is 48.0 Å². The number of rotatable bonds is 3. The van der Waals surface area contributed by atoms with E-state index < -0.39 is 6.04 Å². The number of hydrogen-bond donors (Lipinski definition) is 1. The molecule has 1 aliphatic heterocycles. The van der Waals surface area contributed by atoms with Crippen LogP contribution < -0.4 is 10.2 Å². The van der Waals surface area contributed by atoms with Crippen molar-refractivity contribution < 1.29 is 9.59 Å². The van der Waals surface area contributed by atoms with E-state index >= 15 is 0 Å². The molecule has 0 aliphatic carbocycles. The summed E-state index contributed by atoms with van der Waals surface area (Å²) in [6.07, 6.45) is 0.480. The molecule has 3 aromatic carbocycles. The van der Waals surface area contributed by atoms with E-state index in [9.17, 15) is 9.59 Å². The maximum Gasteiger partial charge on any atom is 0.259 e. The average molecular weight is 377 g/mol. The molecule has 0 radical (unpaired) electrons. The molecule has 0 bridgehead atoms. The second-order valence-corrected chi connectivity index (χ2v) is 6.82. The van der Waals surface area contributed by atoms with Gasteiger partial charge in [-0.3, -0.25) is 14.5 Å². The number of nitrogens with zero attached hydrogens (tertiary/aromatic N) is 1. The molecule has 4 nitrogen and oxygen atoms in total. The molecule has 4 rings (SSSR count). The molecular formula is C22H17ClN2O2. The Hall–Kier alpha value is -3.11. The van der Waals surface area contributed by atoms with Gasteiger partial charge in [0.05, 0.1) is 0 Å². The number of carbonyl (C=O) groups is 2. The zero-order chi connectivity index (χ0) is 18.8. The second-order valence-electron chi connectivity index (χ2n) is 6.39. The molecule has 0 spiro atoms. The molecule has 134 valence electrons. The summed E-state index contributed by atoms with van der Waals surface area (Å²) in [6.45, 7) is 0. The highest BCUT2D eigenvalue weighted by Gasteiger charge is 2.38. The predicted molar refractivity (Wildman–Crippen MR) is 107 cm³/mol. The van der Waals surface area contributed by atoms with Crippen LogP contribution in [0.5, 0.6) is 0 Å². The highest BCUT2D eigenvalue weighted by Crippen LogP contribution is 2.34. The van der Waals surface area contributed by atoms with Crippen molar-refractivity contribution in [3.63, 3.8) is 0 Å². The molecule has 1 aliphatic rings. The van der Waals surface area contributed by atoms with Crippen molar-refractivity contribution in [2.24, 2.45) is 0 Å². The van der Waals surface area contributed by atoms with Gasteiger partial charge in [0.25, 0.3) is 5.91 Å². The van der Waals surface area contributed by atoms with Crippen LogP contribution in [-0.2, 0) is 11.2 Å². The molecule has 0 fully saturated rings. The second kappa shape index (κ2) is 7.25. The lowest BCUT2D eigenvalue weighted by atomic mass is 10.1. The Morgan fingerprint density at radius 2 is 1.56 bits per heavy atom. The fraction of sp³-hybridized carbons (Fsp3) is 0.0909. The molecule has 0 unspecified atom stereocenters. The molecule has 1 N–H and O–H groups in total. The molecule has 3 aromatic rings. The van der Waals surface area contributed by atoms with E-state index in [1.165, 1.54) is 0 Å². The fourth-order valence-corrected chi connectivity index (χ4v) is 3.45. The van der Waals surface area contributed by atoms with E-state index in [1.807, 2.05) is 42.5 Å². The summed E-state index contributed by atoms with van der Waals surface area (Å²) in [5.74, 6) is -0.408. The Bertz CT molecular complexity index is 987. The fourth-order valence-electron chi connectivity index (χ4n) is 3.33. The Morgan fingerprint density at radius 3 is 2.30 bits per heavy atom. The standard InChI is InChI=1S/C22H17ClN2O2/c23-17-10-12-18(13-11-17)24-21(26)20-14-16-8-4-5-9-19(16)25(20)22(27)15-6-2-1-3-7-15/h1-13,20H,14H2,(H,24,26)/t20-/m0/s1. The Kier molecular flexibility index (Phi) is 4.65. The third-order valence-corrected chi connectivity index (χ3v) is 4.88. The van der Waals surface area contributed by atoms with Crippen molar-refractivity contribution in [3.8, 4) is 0 Å². The van der Waals surface area contributed by atoms with Crippen LogP contribution in [0, 0.1) is 0 Å². The van der Waals surface area contributed by atoms with Gasteiger partial charge >= 0.3 is 0 Å². The number of amides is 2. The predicted octanol–water partition coefficient (Wildman–Crippen LogP) is 4.55. The van der Waals surface area contributed by atoms with Gasteiger partial charge in [-0.05, 0) is 48.0 Å². The maximum absolute atomic E-state index is 13.2. The number of nitrogens with one attached hydrogen (secondary N) is 1. The van der Waals surface area contributed by atoms with Gasteiger partial charge in [0.1, 0.15) is 6.04 Å². The first kappa shape index (κ1) is 17.3. The van der Waals surface area contributed by atoms with Gasteiger partial charge in [-0.15, -0.1) is 0 Å². The molecule has 2 amide bonds. The summed E-state index contributed by atoms with van der Waals surface area (Å²) >= 11 is 5.90. The molecule has 1 atom stereocenters. The number of fused-ring (bicyclic) bond motifs is 1. The third kappa shape index (κ3) is 3.44. The zero-order valence-corrected chi connectivity index (χ0v) is 15.2. The number of para-hydroxylation sites is 1. The lowest BCUT2D eigenvalue weighted by molar-refractivity contribution is -0.117. The van der Waals surface area contributed by atoms with Crippen LogP contribution in [0.25, 0.3) is 0 Å². The van der Waals surface area contributed by atoms with Crippen LogP contribution in [0.3, 0.4) is 0 Å². The largest absolute Gasteiger partial charge is 0.324 e. The van der Waals surface area contributed by atoms with Crippen LogP contribution in [0.1, 0.15) is 15.9 Å². The van der Waals surface area contributed by atoms with Crippen molar-refractivity contribution in [3.05, 3.63) is 95.0 Å². The van der Waals surface area contributed by atoms with Crippen molar-refractivity contribution in [1.82, 2.24) is 0 Å². The molecule has 0 aromatic heterocycles. The van der Waals surface area contributed by atoms with E-state index in [2.05, 4.69) is 5.32 Å². The molecule has 1 heterocycles. The van der Waals surface area contributed by atoms with Crippen LogP contribution in [-0.4, -0.2) is 17.9 Å². The quantitative estimate of drug-likeness (QED) is 0.729. The highest BCUT2D eigenvalue weighted by atomic mass is 35.5. The van der Waals surface area contributed by atoms with Gasteiger partial charge in [0.2, 0.25) is 5.91 Å². The minimum absolute atomic E-state index is 0.184. The summed E-state index contributed by atoms with van der Waals surface area (Å²) in [5, 5.41) is 3.49. The number of benzene rings is 3. The third-order valence-electron chi connectivity index (χ3n) is 4.63. The lowest BCUT2D eigenvalue weighted by Crippen LogP contribution is -2.45. The van der Waals surface area contributed by atoms with E-state index in [4.69, 9.17) is 11.6 Å². The van der Waals surface area contributed by atoms with Gasteiger partial charge in [-0.2, -0.15) is 0 Å². The summed E-state index contributed by atoms with van der Waals surface area (Å²) in [7, 11) is 0. The van der Waals surface area contributed by atoms with Gasteiger partial charge in [0.15, 0.2) is 0 Å². The maximum atomic E-state index is 13.2. The van der Waals surface area contributed by atoms with E-state index in [-0.39, 0.29) is 11.8 Å². The molecular weight excluding hydrogens is 360 g/mol. The first-order valence-corrected chi connectivity index (χ1v) is 9.04. The van der Waals surface area contributed by atoms with Crippen molar-refractivity contribution in [2.75, 3.05) is 10.2 Å². The van der Waals surface area contributed by atoms with Crippen LogP contribution in [0.4, 0.5) is 11.4 Å². The molecule has 0 saturated carbocycles. The number of hydrogen-bond acceptors (Lipinski definition) is 2. The molecule has 5 heteroatoms. The SMILES string of the molecule is O=C(Nc1ccc(Cl)cc1)[C@@H]1Cc2ccccc2N1C(=O)c1ccccc1. The highest BCUT2D eigenvalue weighted by molar-refractivity contribution is 6.30. The van der Waals surface area contributed by atoms with Crippen LogP contribution in [0.2, 0.25) is 5.02 Å². The normalized spacial score (nSPS) is 15.3. The molecule has 0 saturated heterocycles. The van der Waals surface area contributed by atoms with Crippen LogP contribution >= 0.6 is 11.6 Å². The number of anilines is 2. The van der Waals surface area contributed by atoms with Crippen molar-refractivity contribution >= 4 is 34.8 Å². The smallest absolute Gasteiger partial charge is 0.259 e. The monoisotopic (exact) mass is 376 g/mol. The van der Waals surface area contributed by atoms with Crippen molar-refractivity contribution in [2.45, 2.75) is 12.5 Å². The van der Waals surface area contributed by atoms with Gasteiger partial charge in [-0.25, -0.2) is 0 Å². The van der Waals surface area contributed by atoms with Crippen LogP contribution in [0.15, 0.2) is 78.9 Å². The summed E-state index contributed by atoms with van der Waals surface area (Å²) in [6, 6.07) is 23.0. The lowest BCUT2D eigenvalue weighted by Gasteiger charge is -2.25. The zero-order valence-electron chi connectivity index (χ0n) is 14.4. The first-order valence-electron chi connectivity index (χ1n) is 8.66. The summed E-state index contributed by atoms with van der Waals surface area (Å²) in [4.78, 5) is 27.7.